The predicted octanol–water partition coefficient (Wildman–Crippen LogP) is 2.26. The molecule has 0 aliphatic carbocycles. The lowest BCUT2D eigenvalue weighted by Gasteiger charge is -2.16. The minimum Gasteiger partial charge on any atom is -0.504 e. The molecule has 1 aromatic rings. The number of benzene rings is 1. The zero-order valence-electron chi connectivity index (χ0n) is 9.77. The van der Waals surface area contributed by atoms with Crippen LogP contribution in [0.3, 0.4) is 0 Å². The van der Waals surface area contributed by atoms with Gasteiger partial charge in [0.1, 0.15) is 0 Å². The Morgan fingerprint density at radius 2 is 2.11 bits per heavy atom. The van der Waals surface area contributed by atoms with Gasteiger partial charge in [-0.2, -0.15) is 13.2 Å². The van der Waals surface area contributed by atoms with Crippen molar-refractivity contribution in [2.45, 2.75) is 18.6 Å². The molecule has 1 rings (SSSR count). The lowest BCUT2D eigenvalue weighted by Crippen LogP contribution is -2.20. The van der Waals surface area contributed by atoms with Gasteiger partial charge >= 0.3 is 6.18 Å². The van der Waals surface area contributed by atoms with Crippen LogP contribution >= 0.6 is 0 Å². The highest BCUT2D eigenvalue weighted by atomic mass is 19.4. The monoisotopic (exact) mass is 280 g/mol. The van der Waals surface area contributed by atoms with Crippen molar-refractivity contribution in [3.05, 3.63) is 27.8 Å². The van der Waals surface area contributed by atoms with Gasteiger partial charge in [-0.1, -0.05) is 0 Å². The Kier molecular flexibility index (Phi) is 4.20. The van der Waals surface area contributed by atoms with Crippen LogP contribution in [0.4, 0.5) is 18.9 Å². The molecule has 0 fully saturated rings. The van der Waals surface area contributed by atoms with E-state index in [1.807, 2.05) is 0 Å². The molecule has 0 aromatic heterocycles. The fraction of sp³-hybridized carbons (Fsp3) is 0.400. The van der Waals surface area contributed by atoms with Crippen molar-refractivity contribution in [2.75, 3.05) is 7.11 Å². The van der Waals surface area contributed by atoms with Crippen molar-refractivity contribution in [3.63, 3.8) is 0 Å². The van der Waals surface area contributed by atoms with E-state index < -0.39 is 35.0 Å². The maximum atomic E-state index is 12.2. The Hall–Kier alpha value is -2.03. The smallest absolute Gasteiger partial charge is 0.390 e. The number of halogens is 3. The number of nitrogens with zero attached hydrogens (tertiary/aromatic N) is 1. The van der Waals surface area contributed by atoms with E-state index in [0.29, 0.717) is 0 Å². The van der Waals surface area contributed by atoms with Crippen molar-refractivity contribution < 1.29 is 27.9 Å². The zero-order chi connectivity index (χ0) is 14.8. The van der Waals surface area contributed by atoms with Crippen molar-refractivity contribution >= 4 is 5.69 Å². The highest BCUT2D eigenvalue weighted by Crippen LogP contribution is 2.40. The molecule has 0 heterocycles. The number of hydrogen-bond donors (Lipinski definition) is 2. The first-order valence-electron chi connectivity index (χ1n) is 5.03. The minimum atomic E-state index is -4.55. The molecule has 1 atom stereocenters. The summed E-state index contributed by atoms with van der Waals surface area (Å²) in [5.74, 6) is -0.938. The maximum Gasteiger partial charge on any atom is 0.390 e. The molecule has 0 aliphatic heterocycles. The number of phenols is 1. The van der Waals surface area contributed by atoms with E-state index in [1.54, 1.807) is 0 Å². The van der Waals surface area contributed by atoms with Crippen molar-refractivity contribution in [3.8, 4) is 11.5 Å². The van der Waals surface area contributed by atoms with Crippen LogP contribution in [0.5, 0.6) is 11.5 Å². The van der Waals surface area contributed by atoms with E-state index >= 15 is 0 Å². The summed E-state index contributed by atoms with van der Waals surface area (Å²) in [5, 5.41) is 20.3. The second-order valence-electron chi connectivity index (χ2n) is 3.77. The molecule has 0 radical (unpaired) electrons. The summed E-state index contributed by atoms with van der Waals surface area (Å²) in [4.78, 5) is 9.83. The first-order chi connectivity index (χ1) is 8.65. The molecule has 0 amide bonds. The largest absolute Gasteiger partial charge is 0.504 e. The summed E-state index contributed by atoms with van der Waals surface area (Å²) in [6.45, 7) is 0. The summed E-state index contributed by atoms with van der Waals surface area (Å²) in [7, 11) is 1.12. The average molecular weight is 280 g/mol. The van der Waals surface area contributed by atoms with Crippen LogP contribution in [0.2, 0.25) is 0 Å². The number of ether oxygens (including phenoxy) is 1. The SMILES string of the molecule is COc1cc([N+](=O)[O-])cc([C@H](N)CC(F)(F)F)c1O. The number of rotatable bonds is 4. The third-order valence-corrected chi connectivity index (χ3v) is 2.37. The number of nitro groups is 1. The molecule has 19 heavy (non-hydrogen) atoms. The average Bonchev–Trinajstić information content (AvgIpc) is 2.26. The molecule has 106 valence electrons. The van der Waals surface area contributed by atoms with Crippen LogP contribution in [-0.2, 0) is 0 Å². The van der Waals surface area contributed by atoms with Gasteiger partial charge in [-0.3, -0.25) is 10.1 Å². The van der Waals surface area contributed by atoms with E-state index in [2.05, 4.69) is 4.74 Å². The number of non-ortho nitro benzene ring substituents is 1. The van der Waals surface area contributed by atoms with Crippen LogP contribution in [0.1, 0.15) is 18.0 Å². The maximum absolute atomic E-state index is 12.2. The summed E-state index contributed by atoms with van der Waals surface area (Å²) >= 11 is 0. The first-order valence-corrected chi connectivity index (χ1v) is 5.03. The summed E-state index contributed by atoms with van der Waals surface area (Å²) in [6, 6.07) is 0.0849. The van der Waals surface area contributed by atoms with Crippen LogP contribution < -0.4 is 10.5 Å². The first kappa shape index (κ1) is 15.0. The van der Waals surface area contributed by atoms with Crippen molar-refractivity contribution in [2.24, 2.45) is 5.73 Å². The topological polar surface area (TPSA) is 98.6 Å². The predicted molar refractivity (Wildman–Crippen MR) is 58.9 cm³/mol. The highest BCUT2D eigenvalue weighted by molar-refractivity contribution is 5.54. The molecule has 1 aromatic carbocycles. The summed E-state index contributed by atoms with van der Waals surface area (Å²) < 4.78 is 41.4. The molecule has 0 saturated heterocycles. The van der Waals surface area contributed by atoms with Gasteiger partial charge in [0.15, 0.2) is 11.5 Å². The van der Waals surface area contributed by atoms with E-state index in [0.717, 1.165) is 19.2 Å². The van der Waals surface area contributed by atoms with Crippen LogP contribution in [0, 0.1) is 10.1 Å². The minimum absolute atomic E-state index is 0.304. The Morgan fingerprint density at radius 1 is 1.53 bits per heavy atom. The Bertz CT molecular complexity index is 490. The van der Waals surface area contributed by atoms with Crippen LogP contribution in [0.15, 0.2) is 12.1 Å². The van der Waals surface area contributed by atoms with Gasteiger partial charge in [0.2, 0.25) is 0 Å². The molecule has 6 nitrogen and oxygen atoms in total. The zero-order valence-corrected chi connectivity index (χ0v) is 9.77. The van der Waals surface area contributed by atoms with E-state index in [9.17, 15) is 28.4 Å². The molecule has 9 heteroatoms. The standard InChI is InChI=1S/C10H11F3N2O4/c1-19-8-3-5(15(17)18)2-6(9(8)16)7(14)4-10(11,12)13/h2-3,7,16H,4,14H2,1H3/t7-/m1/s1. The van der Waals surface area contributed by atoms with Gasteiger partial charge in [-0.15, -0.1) is 0 Å². The summed E-state index contributed by atoms with van der Waals surface area (Å²) in [5.41, 5.74) is 4.42. The van der Waals surface area contributed by atoms with Gasteiger partial charge in [-0.25, -0.2) is 0 Å². The van der Waals surface area contributed by atoms with E-state index in [4.69, 9.17) is 5.73 Å². The summed E-state index contributed by atoms with van der Waals surface area (Å²) in [6.07, 6.45) is -5.96. The highest BCUT2D eigenvalue weighted by Gasteiger charge is 2.33. The fourth-order valence-electron chi connectivity index (χ4n) is 1.52. The van der Waals surface area contributed by atoms with Gasteiger partial charge in [0, 0.05) is 17.7 Å². The quantitative estimate of drug-likeness (QED) is 0.651. The molecule has 0 unspecified atom stereocenters. The molecule has 0 spiro atoms. The van der Waals surface area contributed by atoms with Crippen molar-refractivity contribution in [1.82, 2.24) is 0 Å². The van der Waals surface area contributed by atoms with Crippen LogP contribution in [0.25, 0.3) is 0 Å². The van der Waals surface area contributed by atoms with E-state index in [-0.39, 0.29) is 11.3 Å². The molecule has 0 aliphatic rings. The molecule has 0 saturated carbocycles. The molecule has 3 N–H and O–H groups in total. The van der Waals surface area contributed by atoms with Gasteiger partial charge in [0.05, 0.1) is 24.5 Å². The number of alkyl halides is 3. The van der Waals surface area contributed by atoms with E-state index in [1.165, 1.54) is 0 Å². The molecular formula is C10H11F3N2O4. The second kappa shape index (κ2) is 5.31. The number of nitro benzene ring substituents is 1. The Balaban J connectivity index is 3.25. The normalized spacial score (nSPS) is 13.1. The Morgan fingerprint density at radius 3 is 2.53 bits per heavy atom. The molecule has 0 bridgehead atoms. The lowest BCUT2D eigenvalue weighted by molar-refractivity contribution is -0.385. The van der Waals surface area contributed by atoms with Gasteiger partial charge in [0.25, 0.3) is 5.69 Å². The van der Waals surface area contributed by atoms with Crippen molar-refractivity contribution in [1.29, 1.82) is 0 Å². The number of hydrogen-bond acceptors (Lipinski definition) is 5. The number of aromatic hydroxyl groups is 1. The van der Waals surface area contributed by atoms with Gasteiger partial charge < -0.3 is 15.6 Å². The Labute approximate surface area is 105 Å². The third-order valence-electron chi connectivity index (χ3n) is 2.37. The van der Waals surface area contributed by atoms with Gasteiger partial charge in [-0.05, 0) is 0 Å². The molecular weight excluding hydrogens is 269 g/mol. The third kappa shape index (κ3) is 3.71. The van der Waals surface area contributed by atoms with Crippen LogP contribution in [-0.4, -0.2) is 23.3 Å². The lowest BCUT2D eigenvalue weighted by atomic mass is 10.0. The second-order valence-corrected chi connectivity index (χ2v) is 3.77. The number of phenolic OH excluding ortho intramolecular Hbond substituents is 1. The number of nitrogens with two attached hydrogens (primary N) is 1. The number of methoxy groups -OCH3 is 1. The fourth-order valence-corrected chi connectivity index (χ4v) is 1.52.